The smallest absolute Gasteiger partial charge is 0.280 e. The molecule has 116 valence electrons. The summed E-state index contributed by atoms with van der Waals surface area (Å²) in [4.78, 5) is 0.949. The van der Waals surface area contributed by atoms with Gasteiger partial charge in [-0.05, 0) is 25.8 Å². The van der Waals surface area contributed by atoms with Crippen molar-refractivity contribution in [1.82, 2.24) is 9.03 Å². The van der Waals surface area contributed by atoms with Gasteiger partial charge in [0.25, 0.3) is 10.2 Å². The summed E-state index contributed by atoms with van der Waals surface area (Å²) in [6, 6.07) is 1.97. The fourth-order valence-corrected chi connectivity index (χ4v) is 4.67. The van der Waals surface area contributed by atoms with Crippen molar-refractivity contribution in [2.75, 3.05) is 13.1 Å². The molecule has 1 saturated heterocycles. The Morgan fingerprint density at radius 2 is 2.33 bits per heavy atom. The zero-order valence-electron chi connectivity index (χ0n) is 12.1. The van der Waals surface area contributed by atoms with Gasteiger partial charge < -0.3 is 5.73 Å². The van der Waals surface area contributed by atoms with E-state index in [2.05, 4.69) is 16.6 Å². The van der Waals surface area contributed by atoms with Crippen LogP contribution in [0.4, 0.5) is 0 Å². The van der Waals surface area contributed by atoms with Gasteiger partial charge in [-0.1, -0.05) is 18.3 Å². The molecule has 21 heavy (non-hydrogen) atoms. The lowest BCUT2D eigenvalue weighted by molar-refractivity contribution is 0.265. The summed E-state index contributed by atoms with van der Waals surface area (Å²) in [5.74, 6) is 5.73. The molecule has 0 radical (unpaired) electrons. The fraction of sp³-hybridized carbons (Fsp3) is 0.571. The number of nitrogens with one attached hydrogen (secondary N) is 1. The molecule has 0 bridgehead atoms. The van der Waals surface area contributed by atoms with Crippen LogP contribution in [0.3, 0.4) is 0 Å². The predicted octanol–water partition coefficient (Wildman–Crippen LogP) is 1.27. The van der Waals surface area contributed by atoms with E-state index in [4.69, 9.17) is 5.73 Å². The summed E-state index contributed by atoms with van der Waals surface area (Å²) in [7, 11) is -3.40. The van der Waals surface area contributed by atoms with E-state index in [0.717, 1.165) is 29.7 Å². The summed E-state index contributed by atoms with van der Waals surface area (Å²) in [5.41, 5.74) is 6.21. The Hall–Kier alpha value is -0.910. The molecule has 3 N–H and O–H groups in total. The van der Waals surface area contributed by atoms with Crippen LogP contribution in [0.15, 0.2) is 11.4 Å². The fourth-order valence-electron chi connectivity index (χ4n) is 2.37. The third-order valence-electron chi connectivity index (χ3n) is 3.47. The molecule has 2 rings (SSSR count). The minimum absolute atomic E-state index is 0.0746. The van der Waals surface area contributed by atoms with Gasteiger partial charge in [0.15, 0.2) is 0 Å². The molecular weight excluding hydrogens is 306 g/mol. The number of thiophene rings is 1. The first-order valence-electron chi connectivity index (χ1n) is 7.05. The van der Waals surface area contributed by atoms with E-state index in [9.17, 15) is 8.42 Å². The first-order valence-corrected chi connectivity index (χ1v) is 9.37. The van der Waals surface area contributed by atoms with Crippen LogP contribution >= 0.6 is 11.3 Å². The van der Waals surface area contributed by atoms with Crippen molar-refractivity contribution >= 4 is 21.5 Å². The molecule has 2 heterocycles. The lowest BCUT2D eigenvalue weighted by Gasteiger charge is -2.32. The maximum Gasteiger partial charge on any atom is 0.280 e. The van der Waals surface area contributed by atoms with Crippen LogP contribution in [0.5, 0.6) is 0 Å². The van der Waals surface area contributed by atoms with E-state index in [1.807, 2.05) is 18.4 Å². The second kappa shape index (κ2) is 7.38. The number of hydrogen-bond acceptors (Lipinski definition) is 4. The Morgan fingerprint density at radius 1 is 1.52 bits per heavy atom. The van der Waals surface area contributed by atoms with Crippen LogP contribution in [0.2, 0.25) is 0 Å². The van der Waals surface area contributed by atoms with Crippen LogP contribution in [-0.4, -0.2) is 31.9 Å². The van der Waals surface area contributed by atoms with Crippen molar-refractivity contribution in [2.24, 2.45) is 5.73 Å². The van der Waals surface area contributed by atoms with Crippen LogP contribution in [0.1, 0.15) is 36.6 Å². The van der Waals surface area contributed by atoms with Crippen LogP contribution in [0, 0.1) is 11.8 Å². The molecule has 0 saturated carbocycles. The highest BCUT2D eigenvalue weighted by Crippen LogP contribution is 2.20. The van der Waals surface area contributed by atoms with E-state index in [1.54, 1.807) is 4.31 Å². The summed E-state index contributed by atoms with van der Waals surface area (Å²) < 4.78 is 28.9. The first-order chi connectivity index (χ1) is 10.0. The standard InChI is InChI=1S/C14H21N3O2S2/c1-12-5-2-3-8-17(12)21(18,19)16-10-14-9-13(11-20-14)6-4-7-15/h9,11-12,16H,2-3,5,7-8,10,15H2,1H3. The van der Waals surface area contributed by atoms with Crippen molar-refractivity contribution < 1.29 is 8.42 Å². The van der Waals surface area contributed by atoms with Crippen LogP contribution in [-0.2, 0) is 16.8 Å². The molecular formula is C14H21N3O2S2. The topological polar surface area (TPSA) is 75.4 Å². The van der Waals surface area contributed by atoms with E-state index < -0.39 is 10.2 Å². The Bertz CT molecular complexity index is 628. The Balaban J connectivity index is 1.96. The molecule has 0 aromatic carbocycles. The summed E-state index contributed by atoms with van der Waals surface area (Å²) >= 11 is 1.50. The Kier molecular flexibility index (Phi) is 5.79. The summed E-state index contributed by atoms with van der Waals surface area (Å²) in [6.45, 7) is 3.20. The number of rotatable bonds is 4. The lowest BCUT2D eigenvalue weighted by Crippen LogP contribution is -2.47. The maximum atomic E-state index is 12.3. The normalized spacial score (nSPS) is 20.0. The summed E-state index contributed by atoms with van der Waals surface area (Å²) in [6.07, 6.45) is 2.96. The van der Waals surface area contributed by atoms with Gasteiger partial charge in [-0.2, -0.15) is 17.4 Å². The van der Waals surface area contributed by atoms with Gasteiger partial charge in [-0.25, -0.2) is 0 Å². The highest BCUT2D eigenvalue weighted by Gasteiger charge is 2.29. The molecule has 1 atom stereocenters. The van der Waals surface area contributed by atoms with Gasteiger partial charge in [0, 0.05) is 35.0 Å². The van der Waals surface area contributed by atoms with E-state index >= 15 is 0 Å². The third kappa shape index (κ3) is 4.53. The molecule has 0 aliphatic carbocycles. The van der Waals surface area contributed by atoms with Crippen molar-refractivity contribution in [2.45, 2.75) is 38.8 Å². The van der Waals surface area contributed by atoms with Gasteiger partial charge in [-0.15, -0.1) is 11.3 Å². The minimum atomic E-state index is -3.40. The molecule has 5 nitrogen and oxygen atoms in total. The van der Waals surface area contributed by atoms with Gasteiger partial charge in [-0.3, -0.25) is 0 Å². The van der Waals surface area contributed by atoms with Crippen LogP contribution < -0.4 is 10.5 Å². The maximum absolute atomic E-state index is 12.3. The van der Waals surface area contributed by atoms with E-state index in [1.165, 1.54) is 11.3 Å². The van der Waals surface area contributed by atoms with Gasteiger partial charge >= 0.3 is 0 Å². The van der Waals surface area contributed by atoms with Crippen molar-refractivity contribution in [3.05, 3.63) is 21.9 Å². The number of hydrogen-bond donors (Lipinski definition) is 2. The lowest BCUT2D eigenvalue weighted by atomic mass is 10.1. The monoisotopic (exact) mass is 327 g/mol. The highest BCUT2D eigenvalue weighted by atomic mass is 32.2. The number of piperidine rings is 1. The molecule has 1 unspecified atom stereocenters. The average molecular weight is 327 g/mol. The Morgan fingerprint density at radius 3 is 3.05 bits per heavy atom. The number of nitrogens with zero attached hydrogens (tertiary/aromatic N) is 1. The zero-order valence-corrected chi connectivity index (χ0v) is 13.8. The zero-order chi connectivity index (χ0) is 15.3. The van der Waals surface area contributed by atoms with E-state index in [0.29, 0.717) is 19.6 Å². The van der Waals surface area contributed by atoms with Crippen molar-refractivity contribution in [1.29, 1.82) is 0 Å². The van der Waals surface area contributed by atoms with Gasteiger partial charge in [0.2, 0.25) is 0 Å². The Labute approximate surface area is 130 Å². The molecule has 7 heteroatoms. The predicted molar refractivity (Wildman–Crippen MR) is 86.0 cm³/mol. The van der Waals surface area contributed by atoms with Gasteiger partial charge in [0.05, 0.1) is 6.54 Å². The first kappa shape index (κ1) is 16.5. The van der Waals surface area contributed by atoms with Gasteiger partial charge in [0.1, 0.15) is 0 Å². The van der Waals surface area contributed by atoms with Crippen molar-refractivity contribution in [3.8, 4) is 11.8 Å². The molecule has 0 spiro atoms. The van der Waals surface area contributed by atoms with Crippen LogP contribution in [0.25, 0.3) is 0 Å². The second-order valence-corrected chi connectivity index (χ2v) is 7.79. The number of nitrogens with two attached hydrogens (primary N) is 1. The molecule has 1 aliphatic heterocycles. The molecule has 0 amide bonds. The highest BCUT2D eigenvalue weighted by molar-refractivity contribution is 7.87. The molecule has 1 aromatic heterocycles. The largest absolute Gasteiger partial charge is 0.320 e. The molecule has 1 aromatic rings. The average Bonchev–Trinajstić information content (AvgIpc) is 2.91. The molecule has 1 fully saturated rings. The quantitative estimate of drug-likeness (QED) is 0.818. The molecule has 1 aliphatic rings. The van der Waals surface area contributed by atoms with Crippen molar-refractivity contribution in [3.63, 3.8) is 0 Å². The third-order valence-corrected chi connectivity index (χ3v) is 6.07. The minimum Gasteiger partial charge on any atom is -0.320 e. The summed E-state index contributed by atoms with van der Waals surface area (Å²) in [5, 5.41) is 1.91. The SMILES string of the molecule is CC1CCCCN1S(=O)(=O)NCc1cc(C#CCN)cs1. The second-order valence-electron chi connectivity index (χ2n) is 5.09. The van der Waals surface area contributed by atoms with E-state index in [-0.39, 0.29) is 6.04 Å².